The molecule has 0 saturated heterocycles. The van der Waals surface area contributed by atoms with Crippen LogP contribution in [0.3, 0.4) is 0 Å². The predicted molar refractivity (Wildman–Crippen MR) is 62.7 cm³/mol. The highest BCUT2D eigenvalue weighted by Crippen LogP contribution is 2.33. The smallest absolute Gasteiger partial charge is 0.124 e. The fraction of sp³-hybridized carbons (Fsp3) is 0.500. The quantitative estimate of drug-likeness (QED) is 0.785. The molecule has 3 nitrogen and oxygen atoms in total. The van der Waals surface area contributed by atoms with Gasteiger partial charge in [0.05, 0.1) is 7.11 Å². The van der Waals surface area contributed by atoms with E-state index in [1.54, 1.807) is 7.11 Å². The van der Waals surface area contributed by atoms with Crippen molar-refractivity contribution in [2.45, 2.75) is 18.9 Å². The second kappa shape index (κ2) is 4.53. The topological polar surface area (TPSA) is 33.3 Å². The molecule has 0 aliphatic carbocycles. The molecule has 15 heavy (non-hydrogen) atoms. The lowest BCUT2D eigenvalue weighted by Gasteiger charge is -2.09. The van der Waals surface area contributed by atoms with Gasteiger partial charge in [0.1, 0.15) is 5.75 Å². The molecule has 2 N–H and O–H groups in total. The Kier molecular flexibility index (Phi) is 3.11. The summed E-state index contributed by atoms with van der Waals surface area (Å²) in [6, 6.07) is 6.73. The van der Waals surface area contributed by atoms with Gasteiger partial charge in [-0.15, -0.1) is 0 Å². The van der Waals surface area contributed by atoms with E-state index in [9.17, 15) is 0 Å². The number of hydrogen-bond acceptors (Lipinski definition) is 3. The van der Waals surface area contributed by atoms with E-state index >= 15 is 0 Å². The van der Waals surface area contributed by atoms with E-state index in [1.807, 2.05) is 19.2 Å². The van der Waals surface area contributed by atoms with Gasteiger partial charge in [-0.1, -0.05) is 6.07 Å². The van der Waals surface area contributed by atoms with E-state index in [-0.39, 0.29) is 0 Å². The minimum absolute atomic E-state index is 0.545. The Morgan fingerprint density at radius 3 is 3.13 bits per heavy atom. The molecule has 0 bridgehead atoms. The number of methoxy groups -OCH3 is 1. The lowest BCUT2D eigenvalue weighted by Crippen LogP contribution is -2.21. The van der Waals surface area contributed by atoms with Gasteiger partial charge < -0.3 is 15.4 Å². The third-order valence-corrected chi connectivity index (χ3v) is 2.91. The summed E-state index contributed by atoms with van der Waals surface area (Å²) in [5, 5.41) is 6.70. The molecule has 1 aliphatic rings. The van der Waals surface area contributed by atoms with E-state index in [0.717, 1.165) is 25.1 Å². The molecule has 1 heterocycles. The maximum Gasteiger partial charge on any atom is 0.124 e. The maximum absolute atomic E-state index is 5.35. The van der Waals surface area contributed by atoms with Crippen LogP contribution < -0.4 is 15.4 Å². The summed E-state index contributed by atoms with van der Waals surface area (Å²) in [6.45, 7) is 1.05. The molecule has 0 fully saturated rings. The zero-order valence-electron chi connectivity index (χ0n) is 9.34. The van der Waals surface area contributed by atoms with Crippen LogP contribution in [0.25, 0.3) is 0 Å². The Labute approximate surface area is 90.8 Å². The molecule has 2 rings (SSSR count). The highest BCUT2D eigenvalue weighted by atomic mass is 16.5. The Balaban J connectivity index is 2.09. The fourth-order valence-corrected chi connectivity index (χ4v) is 2.11. The Morgan fingerprint density at radius 1 is 1.53 bits per heavy atom. The van der Waals surface area contributed by atoms with Crippen LogP contribution in [0.15, 0.2) is 18.2 Å². The first-order valence-corrected chi connectivity index (χ1v) is 5.42. The number of hydrogen-bond donors (Lipinski definition) is 2. The van der Waals surface area contributed by atoms with Crippen molar-refractivity contribution in [3.05, 3.63) is 23.8 Å². The van der Waals surface area contributed by atoms with Crippen molar-refractivity contribution in [1.29, 1.82) is 0 Å². The molecule has 0 amide bonds. The molecule has 1 atom stereocenters. The van der Waals surface area contributed by atoms with Gasteiger partial charge >= 0.3 is 0 Å². The zero-order chi connectivity index (χ0) is 10.7. The van der Waals surface area contributed by atoms with Crippen molar-refractivity contribution >= 4 is 5.69 Å². The molecule has 1 aromatic rings. The van der Waals surface area contributed by atoms with Crippen molar-refractivity contribution in [3.63, 3.8) is 0 Å². The lowest BCUT2D eigenvalue weighted by molar-refractivity contribution is 0.410. The molecule has 0 aromatic heterocycles. The zero-order valence-corrected chi connectivity index (χ0v) is 9.34. The van der Waals surface area contributed by atoms with Crippen LogP contribution >= 0.6 is 0 Å². The van der Waals surface area contributed by atoms with Gasteiger partial charge in [0.15, 0.2) is 0 Å². The molecule has 1 unspecified atom stereocenters. The van der Waals surface area contributed by atoms with Gasteiger partial charge in [0.2, 0.25) is 0 Å². The van der Waals surface area contributed by atoms with Gasteiger partial charge in [-0.25, -0.2) is 0 Å². The standard InChI is InChI=1S/C12H18N2O/c1-13-7-6-9-8-10-11(14-9)4-3-5-12(10)15-2/h3-5,9,13-14H,6-8H2,1-2H3. The fourth-order valence-electron chi connectivity index (χ4n) is 2.11. The summed E-state index contributed by atoms with van der Waals surface area (Å²) in [6.07, 6.45) is 2.22. The molecular formula is C12H18N2O. The van der Waals surface area contributed by atoms with Gasteiger partial charge in [0, 0.05) is 17.3 Å². The molecule has 3 heteroatoms. The molecular weight excluding hydrogens is 188 g/mol. The van der Waals surface area contributed by atoms with Crippen LogP contribution in [-0.4, -0.2) is 26.7 Å². The Hall–Kier alpha value is -1.22. The number of ether oxygens (including phenoxy) is 1. The summed E-state index contributed by atoms with van der Waals surface area (Å²) in [4.78, 5) is 0. The van der Waals surface area contributed by atoms with E-state index in [4.69, 9.17) is 4.74 Å². The largest absolute Gasteiger partial charge is 0.496 e. The van der Waals surface area contributed by atoms with Crippen molar-refractivity contribution in [2.75, 3.05) is 26.0 Å². The molecule has 0 spiro atoms. The average molecular weight is 206 g/mol. The monoisotopic (exact) mass is 206 g/mol. The first kappa shape index (κ1) is 10.3. The van der Waals surface area contributed by atoms with Crippen LogP contribution in [0.5, 0.6) is 5.75 Å². The summed E-state index contributed by atoms with van der Waals surface area (Å²) in [7, 11) is 3.72. The van der Waals surface area contributed by atoms with Gasteiger partial charge in [-0.3, -0.25) is 0 Å². The molecule has 1 aromatic carbocycles. The molecule has 0 radical (unpaired) electrons. The van der Waals surface area contributed by atoms with Gasteiger partial charge in [-0.05, 0) is 38.6 Å². The normalized spacial score (nSPS) is 18.4. The van der Waals surface area contributed by atoms with Gasteiger partial charge in [-0.2, -0.15) is 0 Å². The Morgan fingerprint density at radius 2 is 2.40 bits per heavy atom. The predicted octanol–water partition coefficient (Wildman–Crippen LogP) is 1.64. The summed E-state index contributed by atoms with van der Waals surface area (Å²) in [5.74, 6) is 1.01. The number of fused-ring (bicyclic) bond motifs is 1. The van der Waals surface area contributed by atoms with Gasteiger partial charge in [0.25, 0.3) is 0 Å². The van der Waals surface area contributed by atoms with Crippen molar-refractivity contribution in [1.82, 2.24) is 5.32 Å². The van der Waals surface area contributed by atoms with Crippen molar-refractivity contribution in [2.24, 2.45) is 0 Å². The van der Waals surface area contributed by atoms with E-state index in [0.29, 0.717) is 6.04 Å². The minimum atomic E-state index is 0.545. The first-order chi connectivity index (χ1) is 7.35. The van der Waals surface area contributed by atoms with Crippen LogP contribution in [0.2, 0.25) is 0 Å². The molecule has 0 saturated carbocycles. The number of benzene rings is 1. The minimum Gasteiger partial charge on any atom is -0.496 e. The number of anilines is 1. The highest BCUT2D eigenvalue weighted by molar-refractivity contribution is 5.62. The number of nitrogens with one attached hydrogen (secondary N) is 2. The summed E-state index contributed by atoms with van der Waals surface area (Å²) >= 11 is 0. The average Bonchev–Trinajstić information content (AvgIpc) is 2.68. The maximum atomic E-state index is 5.35. The third kappa shape index (κ3) is 2.07. The Bertz CT molecular complexity index is 338. The van der Waals surface area contributed by atoms with Crippen LogP contribution in [0, 0.1) is 0 Å². The van der Waals surface area contributed by atoms with Crippen molar-refractivity contribution < 1.29 is 4.74 Å². The molecule has 82 valence electrons. The van der Waals surface area contributed by atoms with E-state index in [2.05, 4.69) is 16.7 Å². The summed E-state index contributed by atoms with van der Waals surface area (Å²) < 4.78 is 5.35. The second-order valence-corrected chi connectivity index (χ2v) is 3.92. The van der Waals surface area contributed by atoms with Crippen LogP contribution in [-0.2, 0) is 6.42 Å². The lowest BCUT2D eigenvalue weighted by atomic mass is 10.1. The second-order valence-electron chi connectivity index (χ2n) is 3.92. The van der Waals surface area contributed by atoms with E-state index < -0.39 is 0 Å². The summed E-state index contributed by atoms with van der Waals surface area (Å²) in [5.41, 5.74) is 2.55. The third-order valence-electron chi connectivity index (χ3n) is 2.91. The SMILES string of the molecule is CNCCC1Cc2c(cccc2OC)N1. The molecule has 1 aliphatic heterocycles. The van der Waals surface area contributed by atoms with E-state index in [1.165, 1.54) is 11.3 Å². The number of rotatable bonds is 4. The van der Waals surface area contributed by atoms with Crippen LogP contribution in [0.4, 0.5) is 5.69 Å². The van der Waals surface area contributed by atoms with Crippen LogP contribution in [0.1, 0.15) is 12.0 Å². The first-order valence-electron chi connectivity index (χ1n) is 5.42. The van der Waals surface area contributed by atoms with Crippen molar-refractivity contribution in [3.8, 4) is 5.75 Å². The highest BCUT2D eigenvalue weighted by Gasteiger charge is 2.22.